The van der Waals surface area contributed by atoms with Gasteiger partial charge in [-0.3, -0.25) is 4.79 Å². The topological polar surface area (TPSA) is 37.3 Å². The lowest BCUT2D eigenvalue weighted by Gasteiger charge is -2.18. The molecule has 1 aliphatic rings. The van der Waals surface area contributed by atoms with Crippen LogP contribution in [0, 0.1) is 5.82 Å². The fourth-order valence-corrected chi connectivity index (χ4v) is 3.96. The molecule has 2 rings (SSSR count). The predicted octanol–water partition coefficient (Wildman–Crippen LogP) is 5.52. The number of allylic oxidation sites excluding steroid dienone is 2. The molecule has 0 saturated heterocycles. The summed E-state index contributed by atoms with van der Waals surface area (Å²) in [6.45, 7) is 7.46. The Morgan fingerprint density at radius 1 is 1.29 bits per heavy atom. The molecule has 0 aliphatic carbocycles. The Labute approximate surface area is 147 Å². The van der Waals surface area contributed by atoms with E-state index in [1.54, 1.807) is 18.2 Å². The van der Waals surface area contributed by atoms with Gasteiger partial charge in [-0.25, -0.2) is 4.39 Å². The van der Waals surface area contributed by atoms with Gasteiger partial charge in [0.15, 0.2) is 0 Å². The van der Waals surface area contributed by atoms with Gasteiger partial charge in [0.2, 0.25) is 5.12 Å². The molecular formula is C20H23FO2S. The average molecular weight is 346 g/mol. The SMILES string of the molecule is C=C/C(C)=C/[C@@]1(C)SC(=O)C(CCCCc2ccc(F)cc2)=C1O. The van der Waals surface area contributed by atoms with E-state index in [2.05, 4.69) is 6.58 Å². The van der Waals surface area contributed by atoms with Crippen LogP contribution in [-0.4, -0.2) is 15.0 Å². The zero-order valence-corrected chi connectivity index (χ0v) is 15.0. The van der Waals surface area contributed by atoms with E-state index in [1.165, 1.54) is 12.1 Å². The van der Waals surface area contributed by atoms with E-state index in [1.807, 2.05) is 19.9 Å². The molecular weight excluding hydrogens is 323 g/mol. The van der Waals surface area contributed by atoms with Gasteiger partial charge >= 0.3 is 0 Å². The number of benzene rings is 1. The van der Waals surface area contributed by atoms with Crippen LogP contribution in [0.4, 0.5) is 4.39 Å². The molecule has 0 saturated carbocycles. The maximum Gasteiger partial charge on any atom is 0.220 e. The van der Waals surface area contributed by atoms with Crippen LogP contribution < -0.4 is 0 Å². The minimum Gasteiger partial charge on any atom is -0.510 e. The van der Waals surface area contributed by atoms with E-state index in [0.717, 1.165) is 42.2 Å². The molecule has 1 aliphatic heterocycles. The van der Waals surface area contributed by atoms with Gasteiger partial charge in [0, 0.05) is 5.57 Å². The number of hydrogen-bond acceptors (Lipinski definition) is 3. The Bertz CT molecular complexity index is 688. The number of rotatable bonds is 7. The van der Waals surface area contributed by atoms with Crippen molar-refractivity contribution >= 4 is 16.9 Å². The van der Waals surface area contributed by atoms with Gasteiger partial charge in [0.1, 0.15) is 11.6 Å². The van der Waals surface area contributed by atoms with Crippen LogP contribution in [0.25, 0.3) is 0 Å². The normalized spacial score (nSPS) is 21.5. The second-order valence-electron chi connectivity index (χ2n) is 6.25. The minimum absolute atomic E-state index is 0.0510. The second-order valence-corrected chi connectivity index (χ2v) is 7.67. The zero-order chi connectivity index (χ0) is 17.7. The summed E-state index contributed by atoms with van der Waals surface area (Å²) < 4.78 is 12.2. The Morgan fingerprint density at radius 3 is 2.54 bits per heavy atom. The number of carbonyl (C=O) groups excluding carboxylic acids is 1. The largest absolute Gasteiger partial charge is 0.510 e. The van der Waals surface area contributed by atoms with Crippen molar-refractivity contribution in [3.8, 4) is 0 Å². The van der Waals surface area contributed by atoms with Gasteiger partial charge < -0.3 is 5.11 Å². The molecule has 1 aromatic rings. The number of halogens is 1. The van der Waals surface area contributed by atoms with Crippen LogP contribution in [0.1, 0.15) is 38.7 Å². The molecule has 0 amide bonds. The lowest BCUT2D eigenvalue weighted by molar-refractivity contribution is -0.108. The van der Waals surface area contributed by atoms with E-state index in [-0.39, 0.29) is 16.7 Å². The molecule has 2 nitrogen and oxygen atoms in total. The summed E-state index contributed by atoms with van der Waals surface area (Å²) in [7, 11) is 0. The number of aliphatic hydroxyl groups is 1. The van der Waals surface area contributed by atoms with Crippen LogP contribution >= 0.6 is 11.8 Å². The maximum atomic E-state index is 12.9. The highest BCUT2D eigenvalue weighted by molar-refractivity contribution is 8.16. The van der Waals surface area contributed by atoms with Crippen molar-refractivity contribution in [3.05, 3.63) is 71.3 Å². The van der Waals surface area contributed by atoms with Crippen LogP contribution in [0.15, 0.2) is 59.9 Å². The lowest BCUT2D eigenvalue weighted by Crippen LogP contribution is -2.17. The summed E-state index contributed by atoms with van der Waals surface area (Å²) in [6, 6.07) is 6.48. The molecule has 128 valence electrons. The van der Waals surface area contributed by atoms with E-state index in [4.69, 9.17) is 0 Å². The number of unbranched alkanes of at least 4 members (excludes halogenated alkanes) is 1. The van der Waals surface area contributed by atoms with Gasteiger partial charge in [-0.1, -0.05) is 48.2 Å². The molecule has 0 bridgehead atoms. The summed E-state index contributed by atoms with van der Waals surface area (Å²) in [5, 5.41) is 10.4. The van der Waals surface area contributed by atoms with Gasteiger partial charge in [0.25, 0.3) is 0 Å². The Balaban J connectivity index is 1.95. The van der Waals surface area contributed by atoms with Crippen LogP contribution in [-0.2, 0) is 11.2 Å². The Hall–Kier alpha value is -1.81. The standard InChI is InChI=1S/C20H23FO2S/c1-4-14(2)13-20(3)18(22)17(19(23)24-20)8-6-5-7-15-9-11-16(21)12-10-15/h4,9-13,22H,1,5-8H2,2-3H3/b14-13+/t20-/m1/s1. The third-order valence-electron chi connectivity index (χ3n) is 4.19. The first-order valence-corrected chi connectivity index (χ1v) is 8.89. The van der Waals surface area contributed by atoms with E-state index in [0.29, 0.717) is 12.0 Å². The summed E-state index contributed by atoms with van der Waals surface area (Å²) in [6.07, 6.45) is 6.69. The van der Waals surface area contributed by atoms with Crippen LogP contribution in [0.3, 0.4) is 0 Å². The maximum absolute atomic E-state index is 12.9. The fourth-order valence-electron chi connectivity index (χ4n) is 2.79. The second kappa shape index (κ2) is 7.84. The fraction of sp³-hybridized carbons (Fsp3) is 0.350. The molecule has 24 heavy (non-hydrogen) atoms. The van der Waals surface area contributed by atoms with Crippen molar-refractivity contribution in [2.75, 3.05) is 0 Å². The van der Waals surface area contributed by atoms with E-state index < -0.39 is 4.75 Å². The van der Waals surface area contributed by atoms with Crippen molar-refractivity contribution in [2.45, 2.75) is 44.3 Å². The molecule has 1 atom stereocenters. The zero-order valence-electron chi connectivity index (χ0n) is 14.1. The van der Waals surface area contributed by atoms with Gasteiger partial charge in [-0.05, 0) is 57.2 Å². The Morgan fingerprint density at radius 2 is 1.92 bits per heavy atom. The summed E-state index contributed by atoms with van der Waals surface area (Å²) in [5.74, 6) is -0.0648. The third-order valence-corrected chi connectivity index (χ3v) is 5.35. The molecule has 0 spiro atoms. The van der Waals surface area contributed by atoms with Gasteiger partial charge in [-0.15, -0.1) is 0 Å². The van der Waals surface area contributed by atoms with Crippen molar-refractivity contribution in [2.24, 2.45) is 0 Å². The van der Waals surface area contributed by atoms with Crippen LogP contribution in [0.5, 0.6) is 0 Å². The molecule has 1 N–H and O–H groups in total. The van der Waals surface area contributed by atoms with Gasteiger partial charge in [-0.2, -0.15) is 0 Å². The molecule has 0 fully saturated rings. The smallest absolute Gasteiger partial charge is 0.220 e. The highest BCUT2D eigenvalue weighted by Gasteiger charge is 2.41. The van der Waals surface area contributed by atoms with Gasteiger partial charge in [0.05, 0.1) is 4.75 Å². The molecule has 1 heterocycles. The summed E-state index contributed by atoms with van der Waals surface area (Å²) >= 11 is 1.15. The highest BCUT2D eigenvalue weighted by atomic mass is 32.2. The summed E-state index contributed by atoms with van der Waals surface area (Å²) in [5.41, 5.74) is 2.53. The lowest BCUT2D eigenvalue weighted by atomic mass is 9.98. The molecule has 0 unspecified atom stereocenters. The number of aliphatic hydroxyl groups excluding tert-OH is 1. The first-order chi connectivity index (χ1) is 11.4. The first kappa shape index (κ1) is 18.5. The first-order valence-electron chi connectivity index (χ1n) is 8.08. The number of thioether (sulfide) groups is 1. The highest BCUT2D eigenvalue weighted by Crippen LogP contribution is 2.45. The van der Waals surface area contributed by atoms with Crippen LogP contribution in [0.2, 0.25) is 0 Å². The number of aryl methyl sites for hydroxylation is 1. The minimum atomic E-state index is -0.693. The molecule has 0 radical (unpaired) electrons. The summed E-state index contributed by atoms with van der Waals surface area (Å²) in [4.78, 5) is 12.2. The molecule has 1 aromatic carbocycles. The average Bonchev–Trinajstić information content (AvgIpc) is 2.75. The number of hydrogen-bond donors (Lipinski definition) is 1. The number of carbonyl (C=O) groups is 1. The molecule has 0 aromatic heterocycles. The quantitative estimate of drug-likeness (QED) is 0.522. The van der Waals surface area contributed by atoms with Crippen molar-refractivity contribution in [1.29, 1.82) is 0 Å². The van der Waals surface area contributed by atoms with E-state index >= 15 is 0 Å². The van der Waals surface area contributed by atoms with Crippen molar-refractivity contribution < 1.29 is 14.3 Å². The molecule has 4 heteroatoms. The third kappa shape index (κ3) is 4.38. The monoisotopic (exact) mass is 346 g/mol. The van der Waals surface area contributed by atoms with Crippen molar-refractivity contribution in [3.63, 3.8) is 0 Å². The Kier molecular flexibility index (Phi) is 6.05. The van der Waals surface area contributed by atoms with E-state index in [9.17, 15) is 14.3 Å². The van der Waals surface area contributed by atoms with Crippen molar-refractivity contribution in [1.82, 2.24) is 0 Å². The predicted molar refractivity (Wildman–Crippen MR) is 98.6 cm³/mol.